The Bertz CT molecular complexity index is 247. The van der Waals surface area contributed by atoms with Gasteiger partial charge in [0.2, 0.25) is 0 Å². The first-order valence-electron chi connectivity index (χ1n) is 4.14. The lowest BCUT2D eigenvalue weighted by Gasteiger charge is -2.10. The summed E-state index contributed by atoms with van der Waals surface area (Å²) in [6.45, 7) is 2.21. The summed E-state index contributed by atoms with van der Waals surface area (Å²) in [7, 11) is 0. The van der Waals surface area contributed by atoms with Gasteiger partial charge in [0, 0.05) is 8.40 Å². The van der Waals surface area contributed by atoms with Gasteiger partial charge in [0.05, 0.1) is 0 Å². The maximum atomic E-state index is 3.69. The second kappa shape index (κ2) is 5.22. The van der Waals surface area contributed by atoms with Crippen molar-refractivity contribution in [2.45, 2.75) is 24.6 Å². The molecule has 0 spiro atoms. The van der Waals surface area contributed by atoms with Crippen LogP contribution in [-0.2, 0) is 0 Å². The highest BCUT2D eigenvalue weighted by Crippen LogP contribution is 2.30. The minimum atomic E-state index is 0.524. The molecule has 0 radical (unpaired) electrons. The van der Waals surface area contributed by atoms with Crippen molar-refractivity contribution in [1.82, 2.24) is 0 Å². The molecule has 66 valence electrons. The Labute approximate surface area is 96.0 Å². The average Bonchev–Trinajstić information content (AvgIpc) is 2.05. The van der Waals surface area contributed by atoms with E-state index in [1.807, 2.05) is 0 Å². The number of rotatable bonds is 3. The van der Waals surface area contributed by atoms with Gasteiger partial charge in [0.25, 0.3) is 0 Å². The number of hydrogen-bond acceptors (Lipinski definition) is 0. The summed E-state index contributed by atoms with van der Waals surface area (Å²) < 4.78 is 1.35. The van der Waals surface area contributed by atoms with Crippen LogP contribution < -0.4 is 0 Å². The van der Waals surface area contributed by atoms with E-state index < -0.39 is 0 Å². The molecule has 1 unspecified atom stereocenters. The summed E-state index contributed by atoms with van der Waals surface area (Å²) in [5, 5.41) is 0. The summed E-state index contributed by atoms with van der Waals surface area (Å²) in [4.78, 5) is 0.524. The maximum absolute atomic E-state index is 3.69. The van der Waals surface area contributed by atoms with Crippen LogP contribution in [0.5, 0.6) is 0 Å². The van der Waals surface area contributed by atoms with Crippen molar-refractivity contribution in [2.75, 3.05) is 0 Å². The fourth-order valence-corrected chi connectivity index (χ4v) is 3.19. The molecular weight excluding hydrogens is 327 g/mol. The van der Waals surface area contributed by atoms with Gasteiger partial charge in [-0.3, -0.25) is 0 Å². The molecule has 0 nitrogen and oxygen atoms in total. The van der Waals surface area contributed by atoms with E-state index >= 15 is 0 Å². The molecule has 0 aliphatic heterocycles. The third-order valence-corrected chi connectivity index (χ3v) is 3.72. The van der Waals surface area contributed by atoms with E-state index in [9.17, 15) is 0 Å². The first kappa shape index (κ1) is 10.5. The molecule has 0 saturated carbocycles. The van der Waals surface area contributed by atoms with E-state index in [-0.39, 0.29) is 0 Å². The Hall–Kier alpha value is 0.430. The van der Waals surface area contributed by atoms with Crippen molar-refractivity contribution < 1.29 is 0 Å². The standard InChI is InChI=1S/C10H12BrI/c1-2-5-9(11)8-6-3-4-7-10(8)12/h3-4,6-7,9H,2,5H2,1H3. The molecule has 1 aromatic rings. The Balaban J connectivity index is 2.79. The summed E-state index contributed by atoms with van der Waals surface area (Å²) in [6, 6.07) is 8.52. The molecule has 0 N–H and O–H groups in total. The molecule has 0 saturated heterocycles. The highest BCUT2D eigenvalue weighted by molar-refractivity contribution is 14.1. The highest BCUT2D eigenvalue weighted by atomic mass is 127. The zero-order chi connectivity index (χ0) is 8.97. The zero-order valence-corrected chi connectivity index (χ0v) is 10.8. The number of benzene rings is 1. The molecule has 0 fully saturated rings. The molecule has 1 aromatic carbocycles. The van der Waals surface area contributed by atoms with Crippen molar-refractivity contribution >= 4 is 38.5 Å². The van der Waals surface area contributed by atoms with Crippen LogP contribution in [0.2, 0.25) is 0 Å². The summed E-state index contributed by atoms with van der Waals surface area (Å²) in [5.41, 5.74) is 1.42. The number of alkyl halides is 1. The molecule has 0 amide bonds. The summed E-state index contributed by atoms with van der Waals surface area (Å²) in [6.07, 6.45) is 2.43. The Morgan fingerprint density at radius 1 is 1.42 bits per heavy atom. The highest BCUT2D eigenvalue weighted by Gasteiger charge is 2.08. The van der Waals surface area contributed by atoms with Gasteiger partial charge < -0.3 is 0 Å². The topological polar surface area (TPSA) is 0 Å². The SMILES string of the molecule is CCCC(Br)c1ccccc1I. The van der Waals surface area contributed by atoms with Gasteiger partial charge in [-0.25, -0.2) is 0 Å². The van der Waals surface area contributed by atoms with E-state index in [1.165, 1.54) is 22.0 Å². The molecule has 2 heteroatoms. The van der Waals surface area contributed by atoms with Crippen molar-refractivity contribution in [3.63, 3.8) is 0 Å². The fourth-order valence-electron chi connectivity index (χ4n) is 1.14. The summed E-state index contributed by atoms with van der Waals surface area (Å²) in [5.74, 6) is 0. The lowest BCUT2D eigenvalue weighted by atomic mass is 10.1. The van der Waals surface area contributed by atoms with Crippen LogP contribution in [0, 0.1) is 3.57 Å². The quantitative estimate of drug-likeness (QED) is 0.561. The van der Waals surface area contributed by atoms with Gasteiger partial charge >= 0.3 is 0 Å². The van der Waals surface area contributed by atoms with Crippen LogP contribution in [0.3, 0.4) is 0 Å². The third-order valence-electron chi connectivity index (χ3n) is 1.78. The molecule has 0 heterocycles. The van der Waals surface area contributed by atoms with E-state index in [0.29, 0.717) is 4.83 Å². The van der Waals surface area contributed by atoms with Crippen LogP contribution in [0.1, 0.15) is 30.2 Å². The van der Waals surface area contributed by atoms with Crippen molar-refractivity contribution in [1.29, 1.82) is 0 Å². The Morgan fingerprint density at radius 2 is 2.08 bits per heavy atom. The molecule has 12 heavy (non-hydrogen) atoms. The molecule has 1 atom stereocenters. The zero-order valence-electron chi connectivity index (χ0n) is 7.06. The lowest BCUT2D eigenvalue weighted by Crippen LogP contribution is -1.91. The number of halogens is 2. The first-order chi connectivity index (χ1) is 5.75. The Morgan fingerprint density at radius 3 is 2.67 bits per heavy atom. The molecule has 1 rings (SSSR count). The van der Waals surface area contributed by atoms with Crippen molar-refractivity contribution in [2.24, 2.45) is 0 Å². The minimum absolute atomic E-state index is 0.524. The first-order valence-corrected chi connectivity index (χ1v) is 6.13. The Kier molecular flexibility index (Phi) is 4.57. The van der Waals surface area contributed by atoms with Gasteiger partial charge in [-0.05, 0) is 40.6 Å². The second-order valence-electron chi connectivity index (χ2n) is 2.78. The van der Waals surface area contributed by atoms with Crippen LogP contribution >= 0.6 is 38.5 Å². The average molecular weight is 339 g/mol. The van der Waals surface area contributed by atoms with E-state index in [0.717, 1.165) is 0 Å². The molecule has 0 bridgehead atoms. The maximum Gasteiger partial charge on any atom is 0.0405 e. The van der Waals surface area contributed by atoms with E-state index in [4.69, 9.17) is 0 Å². The van der Waals surface area contributed by atoms with Crippen LogP contribution in [0.15, 0.2) is 24.3 Å². The van der Waals surface area contributed by atoms with E-state index in [1.54, 1.807) is 0 Å². The van der Waals surface area contributed by atoms with Gasteiger partial charge in [-0.1, -0.05) is 47.5 Å². The second-order valence-corrected chi connectivity index (χ2v) is 5.05. The molecule has 0 aromatic heterocycles. The van der Waals surface area contributed by atoms with Gasteiger partial charge in [0.15, 0.2) is 0 Å². The van der Waals surface area contributed by atoms with Gasteiger partial charge in [-0.15, -0.1) is 0 Å². The summed E-state index contributed by atoms with van der Waals surface area (Å²) >= 11 is 6.08. The van der Waals surface area contributed by atoms with Crippen LogP contribution in [0.4, 0.5) is 0 Å². The largest absolute Gasteiger partial charge is 0.0838 e. The molecule has 0 aliphatic carbocycles. The van der Waals surface area contributed by atoms with Crippen molar-refractivity contribution in [3.05, 3.63) is 33.4 Å². The van der Waals surface area contributed by atoms with Gasteiger partial charge in [0.1, 0.15) is 0 Å². The predicted molar refractivity (Wildman–Crippen MR) is 65.7 cm³/mol. The molecule has 0 aliphatic rings. The van der Waals surface area contributed by atoms with Crippen LogP contribution in [-0.4, -0.2) is 0 Å². The van der Waals surface area contributed by atoms with Gasteiger partial charge in [-0.2, -0.15) is 0 Å². The number of hydrogen-bond donors (Lipinski definition) is 0. The smallest absolute Gasteiger partial charge is 0.0405 e. The van der Waals surface area contributed by atoms with Crippen LogP contribution in [0.25, 0.3) is 0 Å². The lowest BCUT2D eigenvalue weighted by molar-refractivity contribution is 0.786. The monoisotopic (exact) mass is 338 g/mol. The normalized spacial score (nSPS) is 12.9. The fraction of sp³-hybridized carbons (Fsp3) is 0.400. The molecular formula is C10H12BrI. The van der Waals surface area contributed by atoms with E-state index in [2.05, 4.69) is 69.7 Å². The van der Waals surface area contributed by atoms with Crippen molar-refractivity contribution in [3.8, 4) is 0 Å². The predicted octanol–water partition coefficient (Wildman–Crippen LogP) is 4.53. The third kappa shape index (κ3) is 2.73. The minimum Gasteiger partial charge on any atom is -0.0838 e.